The lowest BCUT2D eigenvalue weighted by Crippen LogP contribution is -2.43. The Morgan fingerprint density at radius 1 is 1.41 bits per heavy atom. The second-order valence-electron chi connectivity index (χ2n) is 5.41. The van der Waals surface area contributed by atoms with Gasteiger partial charge in [0.15, 0.2) is 0 Å². The van der Waals surface area contributed by atoms with Crippen molar-refractivity contribution >= 4 is 23.1 Å². The van der Waals surface area contributed by atoms with Gasteiger partial charge in [0.25, 0.3) is 0 Å². The highest BCUT2D eigenvalue weighted by atomic mass is 32.1. The van der Waals surface area contributed by atoms with Gasteiger partial charge >= 0.3 is 0 Å². The van der Waals surface area contributed by atoms with Gasteiger partial charge in [-0.3, -0.25) is 4.79 Å². The van der Waals surface area contributed by atoms with E-state index in [-0.39, 0.29) is 11.8 Å². The average Bonchev–Trinajstić information content (AvgIpc) is 3.14. The molecular weight excluding hydrogens is 232 g/mol. The van der Waals surface area contributed by atoms with Crippen molar-refractivity contribution in [3.8, 4) is 0 Å². The highest BCUT2D eigenvalue weighted by Gasteiger charge is 2.39. The van der Waals surface area contributed by atoms with Gasteiger partial charge in [0.1, 0.15) is 0 Å². The average molecular weight is 254 g/mol. The molecule has 0 spiro atoms. The fraction of sp³-hybridized carbons (Fsp3) is 0.846. The zero-order valence-corrected chi connectivity index (χ0v) is 11.3. The fourth-order valence-corrected chi connectivity index (χ4v) is 2.48. The van der Waals surface area contributed by atoms with E-state index in [9.17, 15) is 4.79 Å². The highest BCUT2D eigenvalue weighted by molar-refractivity contribution is 7.80. The summed E-state index contributed by atoms with van der Waals surface area (Å²) in [5, 5.41) is 0. The lowest BCUT2D eigenvalue weighted by Gasteiger charge is -2.27. The number of nitrogens with zero attached hydrogens (tertiary/aromatic N) is 1. The van der Waals surface area contributed by atoms with Crippen molar-refractivity contribution in [2.24, 2.45) is 17.6 Å². The summed E-state index contributed by atoms with van der Waals surface area (Å²) in [5.41, 5.74) is 5.71. The van der Waals surface area contributed by atoms with Gasteiger partial charge in [-0.1, -0.05) is 25.6 Å². The summed E-state index contributed by atoms with van der Waals surface area (Å²) >= 11 is 5.04. The van der Waals surface area contributed by atoms with Crippen LogP contribution in [0.25, 0.3) is 0 Å². The lowest BCUT2D eigenvalue weighted by molar-refractivity contribution is -0.134. The number of carbonyl (C=O) groups is 1. The molecule has 4 heteroatoms. The molecule has 2 fully saturated rings. The highest BCUT2D eigenvalue weighted by Crippen LogP contribution is 2.35. The summed E-state index contributed by atoms with van der Waals surface area (Å²) in [6.45, 7) is 3.01. The summed E-state index contributed by atoms with van der Waals surface area (Å²) in [6, 6.07) is 0.483. The lowest BCUT2D eigenvalue weighted by atomic mass is 10.0. The van der Waals surface area contributed by atoms with E-state index in [1.807, 2.05) is 0 Å². The molecular formula is C13H22N2OS. The van der Waals surface area contributed by atoms with Crippen LogP contribution in [0.15, 0.2) is 0 Å². The summed E-state index contributed by atoms with van der Waals surface area (Å²) in [7, 11) is 0. The molecule has 0 heterocycles. The molecule has 96 valence electrons. The standard InChI is InChI=1S/C13H22N2OS/c1-2-3-11(12(14)17)13(16)15(10-6-7-10)8-9-4-5-9/h9-11H,2-8H2,1H3,(H2,14,17). The third-order valence-electron chi connectivity index (χ3n) is 3.64. The van der Waals surface area contributed by atoms with E-state index in [4.69, 9.17) is 18.0 Å². The summed E-state index contributed by atoms with van der Waals surface area (Å²) in [5.74, 6) is 0.705. The summed E-state index contributed by atoms with van der Waals surface area (Å²) < 4.78 is 0. The normalized spacial score (nSPS) is 21.0. The number of hydrogen-bond acceptors (Lipinski definition) is 2. The quantitative estimate of drug-likeness (QED) is 0.708. The van der Waals surface area contributed by atoms with Gasteiger partial charge in [-0.2, -0.15) is 0 Å². The van der Waals surface area contributed by atoms with Crippen molar-refractivity contribution in [3.05, 3.63) is 0 Å². The molecule has 0 bridgehead atoms. The predicted molar refractivity (Wildman–Crippen MR) is 72.6 cm³/mol. The molecule has 1 amide bonds. The number of rotatable bonds is 7. The molecule has 2 N–H and O–H groups in total. The Balaban J connectivity index is 1.99. The molecule has 2 aliphatic carbocycles. The molecule has 2 aliphatic rings. The Kier molecular flexibility index (Phi) is 4.02. The van der Waals surface area contributed by atoms with Crippen LogP contribution in [0, 0.1) is 11.8 Å². The zero-order chi connectivity index (χ0) is 12.4. The molecule has 0 aromatic rings. The van der Waals surface area contributed by atoms with E-state index in [2.05, 4.69) is 11.8 Å². The second kappa shape index (κ2) is 5.34. The Morgan fingerprint density at radius 2 is 2.06 bits per heavy atom. The van der Waals surface area contributed by atoms with Crippen molar-refractivity contribution in [2.45, 2.75) is 51.5 Å². The predicted octanol–water partition coefficient (Wildman–Crippen LogP) is 2.09. The first kappa shape index (κ1) is 12.8. The molecule has 0 radical (unpaired) electrons. The van der Waals surface area contributed by atoms with Crippen LogP contribution in [0.3, 0.4) is 0 Å². The van der Waals surface area contributed by atoms with Gasteiger partial charge in [0.05, 0.1) is 10.9 Å². The van der Waals surface area contributed by atoms with Gasteiger partial charge in [-0.25, -0.2) is 0 Å². The third kappa shape index (κ3) is 3.41. The van der Waals surface area contributed by atoms with E-state index in [0.29, 0.717) is 11.0 Å². The van der Waals surface area contributed by atoms with Gasteiger partial charge < -0.3 is 10.6 Å². The minimum atomic E-state index is -0.227. The van der Waals surface area contributed by atoms with Crippen LogP contribution in [-0.2, 0) is 4.79 Å². The Bertz CT molecular complexity index is 311. The maximum atomic E-state index is 12.5. The number of carbonyl (C=O) groups excluding carboxylic acids is 1. The van der Waals surface area contributed by atoms with Gasteiger partial charge in [-0.15, -0.1) is 0 Å². The number of hydrogen-bond donors (Lipinski definition) is 1. The van der Waals surface area contributed by atoms with Crippen molar-refractivity contribution in [1.29, 1.82) is 0 Å². The molecule has 0 aromatic carbocycles. The van der Waals surface area contributed by atoms with Crippen LogP contribution < -0.4 is 5.73 Å². The summed E-state index contributed by atoms with van der Waals surface area (Å²) in [6.07, 6.45) is 6.63. The van der Waals surface area contributed by atoms with Gasteiger partial charge in [0, 0.05) is 12.6 Å². The number of nitrogens with two attached hydrogens (primary N) is 1. The fourth-order valence-electron chi connectivity index (χ4n) is 2.26. The zero-order valence-electron chi connectivity index (χ0n) is 10.5. The Morgan fingerprint density at radius 3 is 2.47 bits per heavy atom. The first-order chi connectivity index (χ1) is 8.13. The molecule has 0 aromatic heterocycles. The largest absolute Gasteiger partial charge is 0.393 e. The van der Waals surface area contributed by atoms with Gasteiger partial charge in [-0.05, 0) is 38.0 Å². The molecule has 0 aliphatic heterocycles. The molecule has 2 saturated carbocycles. The van der Waals surface area contributed by atoms with Crippen LogP contribution in [0.4, 0.5) is 0 Å². The van der Waals surface area contributed by atoms with Crippen molar-refractivity contribution in [3.63, 3.8) is 0 Å². The summed E-state index contributed by atoms with van der Waals surface area (Å²) in [4.78, 5) is 14.9. The van der Waals surface area contributed by atoms with Crippen molar-refractivity contribution in [1.82, 2.24) is 4.90 Å². The van der Waals surface area contributed by atoms with Crippen LogP contribution >= 0.6 is 12.2 Å². The molecule has 3 nitrogen and oxygen atoms in total. The van der Waals surface area contributed by atoms with Crippen LogP contribution in [0.5, 0.6) is 0 Å². The first-order valence-electron chi connectivity index (χ1n) is 6.73. The Hall–Kier alpha value is -0.640. The molecule has 17 heavy (non-hydrogen) atoms. The molecule has 0 saturated heterocycles. The topological polar surface area (TPSA) is 46.3 Å². The van der Waals surface area contributed by atoms with Gasteiger partial charge in [0.2, 0.25) is 5.91 Å². The Labute approximate surface area is 109 Å². The van der Waals surface area contributed by atoms with Crippen LogP contribution in [-0.4, -0.2) is 28.4 Å². The van der Waals surface area contributed by atoms with E-state index >= 15 is 0 Å². The smallest absolute Gasteiger partial charge is 0.232 e. The number of amides is 1. The maximum absolute atomic E-state index is 12.5. The minimum absolute atomic E-state index is 0.189. The molecule has 1 unspecified atom stereocenters. The SMILES string of the molecule is CCCC(C(=O)N(CC1CC1)C1CC1)C(N)=S. The van der Waals surface area contributed by atoms with E-state index in [1.54, 1.807) is 0 Å². The third-order valence-corrected chi connectivity index (χ3v) is 3.93. The van der Waals surface area contributed by atoms with E-state index in [0.717, 1.165) is 38.1 Å². The van der Waals surface area contributed by atoms with E-state index < -0.39 is 0 Å². The molecule has 1 atom stereocenters. The number of thiocarbonyl (C=S) groups is 1. The minimum Gasteiger partial charge on any atom is -0.393 e. The van der Waals surface area contributed by atoms with Crippen molar-refractivity contribution in [2.75, 3.05) is 6.54 Å². The monoisotopic (exact) mass is 254 g/mol. The molecule has 2 rings (SSSR count). The van der Waals surface area contributed by atoms with Crippen LogP contribution in [0.2, 0.25) is 0 Å². The van der Waals surface area contributed by atoms with Crippen LogP contribution in [0.1, 0.15) is 45.4 Å². The second-order valence-corrected chi connectivity index (χ2v) is 5.88. The van der Waals surface area contributed by atoms with E-state index in [1.165, 1.54) is 12.8 Å². The maximum Gasteiger partial charge on any atom is 0.232 e. The first-order valence-corrected chi connectivity index (χ1v) is 7.14. The van der Waals surface area contributed by atoms with Crippen molar-refractivity contribution < 1.29 is 4.79 Å².